The molecule has 22 heavy (non-hydrogen) atoms. The van der Waals surface area contributed by atoms with Gasteiger partial charge in [-0.15, -0.1) is 0 Å². The fourth-order valence-electron chi connectivity index (χ4n) is 2.12. The molecule has 116 valence electrons. The van der Waals surface area contributed by atoms with E-state index in [2.05, 4.69) is 40.8 Å². The smallest absolute Gasteiger partial charge is 0.262 e. The number of rotatable bonds is 6. The van der Waals surface area contributed by atoms with E-state index in [-0.39, 0.29) is 5.56 Å². The summed E-state index contributed by atoms with van der Waals surface area (Å²) in [5.41, 5.74) is 0.721. The predicted octanol–water partition coefficient (Wildman–Crippen LogP) is 4.21. The quantitative estimate of drug-likeness (QED) is 0.428. The summed E-state index contributed by atoms with van der Waals surface area (Å²) in [5.74, 6) is 1.16. The van der Waals surface area contributed by atoms with Crippen LogP contribution < -0.4 is 5.56 Å². The lowest BCUT2D eigenvalue weighted by molar-refractivity contribution is 0.475. The molecule has 0 fully saturated rings. The number of nitrogens with zero attached hydrogens (tertiary/aromatic N) is 3. The second-order valence-corrected chi connectivity index (χ2v) is 7.45. The molecule has 0 saturated carbocycles. The lowest BCUT2D eigenvalue weighted by atomic mass is 10.2. The summed E-state index contributed by atoms with van der Waals surface area (Å²) in [6, 6.07) is 7.72. The molecule has 0 N–H and O–H groups in total. The number of thioether (sulfide) groups is 1. The molecule has 0 bridgehead atoms. The van der Waals surface area contributed by atoms with Crippen molar-refractivity contribution in [1.29, 1.82) is 5.26 Å². The van der Waals surface area contributed by atoms with E-state index < -0.39 is 0 Å². The predicted molar refractivity (Wildman–Crippen MR) is 94.1 cm³/mol. The van der Waals surface area contributed by atoms with E-state index >= 15 is 0 Å². The van der Waals surface area contributed by atoms with Crippen molar-refractivity contribution in [3.05, 3.63) is 33.0 Å². The van der Waals surface area contributed by atoms with Crippen LogP contribution in [-0.4, -0.2) is 15.3 Å². The Hall–Kier alpha value is -1.32. The highest BCUT2D eigenvalue weighted by molar-refractivity contribution is 9.10. The molecule has 0 spiro atoms. The van der Waals surface area contributed by atoms with Crippen LogP contribution in [0.1, 0.15) is 26.7 Å². The summed E-state index contributed by atoms with van der Waals surface area (Å²) in [4.78, 5) is 17.4. The van der Waals surface area contributed by atoms with Crippen molar-refractivity contribution in [2.24, 2.45) is 5.92 Å². The molecule has 6 heteroatoms. The average molecular weight is 380 g/mol. The van der Waals surface area contributed by atoms with Gasteiger partial charge in [-0.25, -0.2) is 4.98 Å². The summed E-state index contributed by atoms with van der Waals surface area (Å²) in [7, 11) is 0. The first kappa shape index (κ1) is 17.0. The number of benzene rings is 1. The molecule has 2 aromatic rings. The molecular weight excluding hydrogens is 362 g/mol. The minimum Gasteiger partial charge on any atom is -0.287 e. The topological polar surface area (TPSA) is 58.7 Å². The van der Waals surface area contributed by atoms with Gasteiger partial charge in [-0.05, 0) is 30.5 Å². The van der Waals surface area contributed by atoms with E-state index in [1.54, 1.807) is 16.3 Å². The van der Waals surface area contributed by atoms with Gasteiger partial charge in [0, 0.05) is 23.2 Å². The van der Waals surface area contributed by atoms with Crippen LogP contribution in [0.3, 0.4) is 0 Å². The van der Waals surface area contributed by atoms with E-state index in [1.165, 1.54) is 0 Å². The summed E-state index contributed by atoms with van der Waals surface area (Å²) in [6.07, 6.45) is 1.33. The maximum atomic E-state index is 12.8. The van der Waals surface area contributed by atoms with Crippen LogP contribution in [-0.2, 0) is 6.54 Å². The van der Waals surface area contributed by atoms with Gasteiger partial charge in [-0.3, -0.25) is 9.36 Å². The first-order valence-corrected chi connectivity index (χ1v) is 9.00. The maximum Gasteiger partial charge on any atom is 0.262 e. The highest BCUT2D eigenvalue weighted by Crippen LogP contribution is 2.22. The van der Waals surface area contributed by atoms with Crippen LogP contribution >= 0.6 is 27.7 Å². The molecule has 0 aliphatic heterocycles. The second-order valence-electron chi connectivity index (χ2n) is 5.48. The van der Waals surface area contributed by atoms with Crippen LogP contribution in [0.4, 0.5) is 0 Å². The number of unbranched alkanes of at least 4 members (excludes halogenated alkanes) is 1. The van der Waals surface area contributed by atoms with Crippen LogP contribution in [0.2, 0.25) is 0 Å². The molecule has 0 amide bonds. The first-order chi connectivity index (χ1) is 10.5. The Bertz CT molecular complexity index is 764. The zero-order chi connectivity index (χ0) is 16.1. The molecule has 0 atom stereocenters. The molecule has 0 aliphatic rings. The van der Waals surface area contributed by atoms with Crippen LogP contribution in [0.25, 0.3) is 10.9 Å². The van der Waals surface area contributed by atoms with Crippen molar-refractivity contribution in [2.45, 2.75) is 38.4 Å². The summed E-state index contributed by atoms with van der Waals surface area (Å²) in [5, 5.41) is 9.99. The standard InChI is InChI=1S/C16H18BrN3OS/c1-11(2)10-20-15(21)13-9-12(17)5-6-14(13)19-16(20)22-8-4-3-7-18/h5-6,9,11H,3-4,8,10H2,1-2H3. The third-order valence-electron chi connectivity index (χ3n) is 3.09. The van der Waals surface area contributed by atoms with Gasteiger partial charge < -0.3 is 0 Å². The Morgan fingerprint density at radius 1 is 1.45 bits per heavy atom. The average Bonchev–Trinajstić information content (AvgIpc) is 2.47. The van der Waals surface area contributed by atoms with E-state index in [1.807, 2.05) is 18.2 Å². The zero-order valence-electron chi connectivity index (χ0n) is 12.7. The van der Waals surface area contributed by atoms with Gasteiger partial charge in [-0.1, -0.05) is 41.5 Å². The number of halogens is 1. The summed E-state index contributed by atoms with van der Waals surface area (Å²) >= 11 is 4.96. The number of aromatic nitrogens is 2. The molecule has 1 aromatic carbocycles. The molecule has 0 radical (unpaired) electrons. The number of hydrogen-bond acceptors (Lipinski definition) is 4. The first-order valence-electron chi connectivity index (χ1n) is 7.22. The molecule has 0 saturated heterocycles. The lowest BCUT2D eigenvalue weighted by Gasteiger charge is -2.14. The Kier molecular flexibility index (Phi) is 6.04. The van der Waals surface area contributed by atoms with E-state index in [4.69, 9.17) is 5.26 Å². The van der Waals surface area contributed by atoms with Crippen LogP contribution in [0, 0.1) is 17.2 Å². The molecule has 1 heterocycles. The Morgan fingerprint density at radius 3 is 2.91 bits per heavy atom. The largest absolute Gasteiger partial charge is 0.287 e. The van der Waals surface area contributed by atoms with Crippen LogP contribution in [0.5, 0.6) is 0 Å². The van der Waals surface area contributed by atoms with Crippen molar-refractivity contribution < 1.29 is 0 Å². The number of hydrogen-bond donors (Lipinski definition) is 0. The molecule has 4 nitrogen and oxygen atoms in total. The Labute approximate surface area is 142 Å². The van der Waals surface area contributed by atoms with Gasteiger partial charge in [-0.2, -0.15) is 5.26 Å². The minimum absolute atomic E-state index is 0.00258. The fourth-order valence-corrected chi connectivity index (χ4v) is 3.43. The van der Waals surface area contributed by atoms with Gasteiger partial charge in [0.15, 0.2) is 5.16 Å². The normalized spacial score (nSPS) is 11.0. The highest BCUT2D eigenvalue weighted by atomic mass is 79.9. The summed E-state index contributed by atoms with van der Waals surface area (Å²) in [6.45, 7) is 4.82. The molecule has 0 unspecified atom stereocenters. The van der Waals surface area contributed by atoms with Gasteiger partial charge in [0.05, 0.1) is 17.0 Å². The van der Waals surface area contributed by atoms with Crippen molar-refractivity contribution in [3.63, 3.8) is 0 Å². The van der Waals surface area contributed by atoms with Gasteiger partial charge in [0.25, 0.3) is 5.56 Å². The molecule has 2 rings (SSSR count). The third kappa shape index (κ3) is 4.11. The van der Waals surface area contributed by atoms with E-state index in [0.717, 1.165) is 27.3 Å². The van der Waals surface area contributed by atoms with Gasteiger partial charge in [0.1, 0.15) is 0 Å². The monoisotopic (exact) mass is 379 g/mol. The SMILES string of the molecule is CC(C)Cn1c(SCCCC#N)nc2ccc(Br)cc2c1=O. The Balaban J connectivity index is 2.45. The zero-order valence-corrected chi connectivity index (χ0v) is 15.1. The Morgan fingerprint density at radius 2 is 2.23 bits per heavy atom. The van der Waals surface area contributed by atoms with Crippen molar-refractivity contribution in [2.75, 3.05) is 5.75 Å². The van der Waals surface area contributed by atoms with Crippen molar-refractivity contribution in [1.82, 2.24) is 9.55 Å². The minimum atomic E-state index is 0.00258. The van der Waals surface area contributed by atoms with Gasteiger partial charge in [0.2, 0.25) is 0 Å². The number of fused-ring (bicyclic) bond motifs is 1. The highest BCUT2D eigenvalue weighted by Gasteiger charge is 2.13. The second kappa shape index (κ2) is 7.80. The van der Waals surface area contributed by atoms with E-state index in [0.29, 0.717) is 24.3 Å². The van der Waals surface area contributed by atoms with Crippen molar-refractivity contribution in [3.8, 4) is 6.07 Å². The maximum absolute atomic E-state index is 12.8. The van der Waals surface area contributed by atoms with Crippen LogP contribution in [0.15, 0.2) is 32.6 Å². The molecular formula is C16H18BrN3OS. The number of nitriles is 1. The van der Waals surface area contributed by atoms with Crippen molar-refractivity contribution >= 4 is 38.6 Å². The fraction of sp³-hybridized carbons (Fsp3) is 0.438. The van der Waals surface area contributed by atoms with E-state index in [9.17, 15) is 4.79 Å². The third-order valence-corrected chi connectivity index (χ3v) is 4.65. The lowest BCUT2D eigenvalue weighted by Crippen LogP contribution is -2.25. The summed E-state index contributed by atoms with van der Waals surface area (Å²) < 4.78 is 2.64. The van der Waals surface area contributed by atoms with Gasteiger partial charge >= 0.3 is 0 Å². The molecule has 1 aromatic heterocycles. The molecule has 0 aliphatic carbocycles.